The molecule has 0 spiro atoms. The zero-order valence-corrected chi connectivity index (χ0v) is 18.4. The van der Waals surface area contributed by atoms with Gasteiger partial charge in [0.15, 0.2) is 0 Å². The first-order valence-electron chi connectivity index (χ1n) is 10.8. The third kappa shape index (κ3) is 5.67. The maximum Gasteiger partial charge on any atom is 0.419 e. The predicted octanol–water partition coefficient (Wildman–Crippen LogP) is 4.22. The Kier molecular flexibility index (Phi) is 7.80. The summed E-state index contributed by atoms with van der Waals surface area (Å²) >= 11 is 0. The van der Waals surface area contributed by atoms with Gasteiger partial charge < -0.3 is 20.5 Å². The van der Waals surface area contributed by atoms with Crippen LogP contribution in [0.15, 0.2) is 48.5 Å². The molecule has 2 unspecified atom stereocenters. The Hall–Kier alpha value is -3.56. The van der Waals surface area contributed by atoms with Crippen LogP contribution in [0.25, 0.3) is 11.1 Å². The fourth-order valence-electron chi connectivity index (χ4n) is 3.99. The second-order valence-corrected chi connectivity index (χ2v) is 7.99. The number of halogens is 3. The average Bonchev–Trinajstić information content (AvgIpc) is 3.11. The van der Waals surface area contributed by atoms with E-state index < -0.39 is 36.2 Å². The zero-order valence-electron chi connectivity index (χ0n) is 18.4. The van der Waals surface area contributed by atoms with Gasteiger partial charge in [-0.2, -0.15) is 13.2 Å². The minimum atomic E-state index is -5.18. The van der Waals surface area contributed by atoms with Crippen LogP contribution in [-0.4, -0.2) is 47.9 Å². The average molecular weight is 478 g/mol. The second kappa shape index (κ2) is 10.6. The lowest BCUT2D eigenvalue weighted by Gasteiger charge is -2.23. The highest BCUT2D eigenvalue weighted by molar-refractivity contribution is 5.89. The number of aliphatic carboxylic acids is 1. The lowest BCUT2D eigenvalue weighted by Crippen LogP contribution is -2.56. The number of rotatable bonds is 9. The fraction of sp³-hybridized carbons (Fsp3) is 0.375. The van der Waals surface area contributed by atoms with Crippen LogP contribution in [0.2, 0.25) is 0 Å². The Balaban J connectivity index is 1.67. The van der Waals surface area contributed by atoms with E-state index in [0.29, 0.717) is 12.8 Å². The fourth-order valence-corrected chi connectivity index (χ4v) is 3.99. The van der Waals surface area contributed by atoms with E-state index in [1.807, 2.05) is 48.5 Å². The van der Waals surface area contributed by atoms with Crippen molar-refractivity contribution >= 4 is 18.0 Å². The number of benzene rings is 2. The van der Waals surface area contributed by atoms with E-state index in [4.69, 9.17) is 9.84 Å². The molecule has 0 heterocycles. The quantitative estimate of drug-likeness (QED) is 0.501. The summed E-state index contributed by atoms with van der Waals surface area (Å²) < 4.78 is 44.2. The summed E-state index contributed by atoms with van der Waals surface area (Å²) in [6, 6.07) is 10.9. The monoisotopic (exact) mass is 478 g/mol. The van der Waals surface area contributed by atoms with Gasteiger partial charge in [0.1, 0.15) is 12.6 Å². The number of carboxylic acids is 1. The smallest absolute Gasteiger partial charge is 0.419 e. The van der Waals surface area contributed by atoms with Crippen molar-refractivity contribution in [1.82, 2.24) is 10.6 Å². The number of alkyl halides is 3. The van der Waals surface area contributed by atoms with Gasteiger partial charge in [-0.15, -0.1) is 0 Å². The highest BCUT2D eigenvalue weighted by Crippen LogP contribution is 2.44. The van der Waals surface area contributed by atoms with Gasteiger partial charge >= 0.3 is 18.2 Å². The number of hydrogen-bond acceptors (Lipinski definition) is 4. The minimum Gasteiger partial charge on any atom is -0.479 e. The predicted molar refractivity (Wildman–Crippen MR) is 117 cm³/mol. The second-order valence-electron chi connectivity index (χ2n) is 7.99. The molecule has 0 saturated carbocycles. The first-order valence-corrected chi connectivity index (χ1v) is 10.8. The highest BCUT2D eigenvalue weighted by atomic mass is 19.4. The molecule has 1 aliphatic rings. The molecule has 3 rings (SSSR count). The van der Waals surface area contributed by atoms with Crippen molar-refractivity contribution in [3.05, 3.63) is 59.7 Å². The molecule has 0 bridgehead atoms. The Morgan fingerprint density at radius 2 is 1.56 bits per heavy atom. The molecule has 182 valence electrons. The van der Waals surface area contributed by atoms with E-state index in [9.17, 15) is 27.6 Å². The van der Waals surface area contributed by atoms with Crippen molar-refractivity contribution in [3.8, 4) is 11.1 Å². The molecule has 2 aromatic carbocycles. The molecule has 10 heteroatoms. The highest BCUT2D eigenvalue weighted by Gasteiger charge is 2.47. The van der Waals surface area contributed by atoms with Crippen molar-refractivity contribution in [2.45, 2.75) is 50.4 Å². The normalized spacial score (nSPS) is 14.5. The lowest BCUT2D eigenvalue weighted by molar-refractivity contribution is -0.182. The van der Waals surface area contributed by atoms with Crippen LogP contribution in [0.4, 0.5) is 18.0 Å². The van der Waals surface area contributed by atoms with E-state index in [-0.39, 0.29) is 18.9 Å². The number of alkyl carbamates (subject to hydrolysis) is 1. The Bertz CT molecular complexity index is 1010. The summed E-state index contributed by atoms with van der Waals surface area (Å²) in [4.78, 5) is 35.8. The van der Waals surface area contributed by atoms with Crippen molar-refractivity contribution in [2.24, 2.45) is 0 Å². The zero-order chi connectivity index (χ0) is 24.9. The van der Waals surface area contributed by atoms with E-state index in [1.54, 1.807) is 6.92 Å². The van der Waals surface area contributed by atoms with Crippen molar-refractivity contribution < 1.29 is 37.4 Å². The van der Waals surface area contributed by atoms with Crippen molar-refractivity contribution in [3.63, 3.8) is 0 Å². The van der Waals surface area contributed by atoms with E-state index in [0.717, 1.165) is 22.3 Å². The molecule has 0 aromatic heterocycles. The van der Waals surface area contributed by atoms with Gasteiger partial charge in [0.25, 0.3) is 0 Å². The molecule has 34 heavy (non-hydrogen) atoms. The van der Waals surface area contributed by atoms with Crippen molar-refractivity contribution in [1.29, 1.82) is 0 Å². The van der Waals surface area contributed by atoms with Crippen LogP contribution in [-0.2, 0) is 14.3 Å². The van der Waals surface area contributed by atoms with Crippen LogP contribution >= 0.6 is 0 Å². The standard InChI is InChI=1S/C24H25F3N2O5/c1-2-3-12-19(21(30)29-20(22(31)32)24(25,26)27)28-23(33)34-13-18-16-10-6-4-8-14(16)15-9-5-7-11-17(15)18/h4-11,18-20H,2-3,12-13H2,1H3,(H,28,33)(H,29,30)(H,31,32). The van der Waals surface area contributed by atoms with E-state index in [1.165, 1.54) is 5.32 Å². The Labute approximate surface area is 194 Å². The summed E-state index contributed by atoms with van der Waals surface area (Å²) in [7, 11) is 0. The number of ether oxygens (including phenoxy) is 1. The molecule has 2 amide bonds. The summed E-state index contributed by atoms with van der Waals surface area (Å²) in [5.74, 6) is -3.72. The van der Waals surface area contributed by atoms with Gasteiger partial charge in [0.05, 0.1) is 0 Å². The van der Waals surface area contributed by atoms with Gasteiger partial charge in [-0.3, -0.25) is 4.79 Å². The SMILES string of the molecule is CCCCC(NC(=O)OCC1c2ccccc2-c2ccccc21)C(=O)NC(C(=O)O)C(F)(F)F. The van der Waals surface area contributed by atoms with E-state index in [2.05, 4.69) is 5.32 Å². The van der Waals surface area contributed by atoms with Crippen LogP contribution in [0.5, 0.6) is 0 Å². The summed E-state index contributed by atoms with van der Waals surface area (Å²) in [5.41, 5.74) is 4.01. The van der Waals surface area contributed by atoms with Crippen LogP contribution < -0.4 is 10.6 Å². The number of carbonyl (C=O) groups excluding carboxylic acids is 2. The topological polar surface area (TPSA) is 105 Å². The molecule has 0 fully saturated rings. The Morgan fingerprint density at radius 1 is 1.00 bits per heavy atom. The van der Waals surface area contributed by atoms with Crippen LogP contribution in [0.3, 0.4) is 0 Å². The number of fused-ring (bicyclic) bond motifs is 3. The molecule has 3 N–H and O–H groups in total. The van der Waals surface area contributed by atoms with Gasteiger partial charge in [-0.25, -0.2) is 9.59 Å². The number of carboxylic acid groups (broad SMARTS) is 1. The largest absolute Gasteiger partial charge is 0.479 e. The van der Waals surface area contributed by atoms with Crippen LogP contribution in [0, 0.1) is 0 Å². The molecule has 0 saturated heterocycles. The number of amides is 2. The first-order chi connectivity index (χ1) is 16.1. The molecule has 7 nitrogen and oxygen atoms in total. The molecular formula is C24H25F3N2O5. The van der Waals surface area contributed by atoms with Gasteiger partial charge in [-0.05, 0) is 28.7 Å². The summed E-state index contributed by atoms with van der Waals surface area (Å²) in [5, 5.41) is 12.6. The van der Waals surface area contributed by atoms with Gasteiger partial charge in [0, 0.05) is 5.92 Å². The number of carbonyl (C=O) groups is 3. The number of hydrogen-bond donors (Lipinski definition) is 3. The van der Waals surface area contributed by atoms with Gasteiger partial charge in [-0.1, -0.05) is 68.3 Å². The third-order valence-electron chi connectivity index (χ3n) is 5.66. The summed E-state index contributed by atoms with van der Waals surface area (Å²) in [6.45, 7) is 1.76. The Morgan fingerprint density at radius 3 is 2.06 bits per heavy atom. The molecular weight excluding hydrogens is 453 g/mol. The molecule has 0 radical (unpaired) electrons. The summed E-state index contributed by atoms with van der Waals surface area (Å²) in [6.07, 6.45) is -5.10. The maximum atomic E-state index is 12.9. The molecule has 2 atom stereocenters. The molecule has 2 aromatic rings. The lowest BCUT2D eigenvalue weighted by atomic mass is 9.98. The number of nitrogens with one attached hydrogen (secondary N) is 2. The third-order valence-corrected chi connectivity index (χ3v) is 5.66. The van der Waals surface area contributed by atoms with Crippen molar-refractivity contribution in [2.75, 3.05) is 6.61 Å². The number of unbranched alkanes of at least 4 members (excludes halogenated alkanes) is 1. The minimum absolute atomic E-state index is 0.0245. The van der Waals surface area contributed by atoms with Gasteiger partial charge in [0.2, 0.25) is 11.9 Å². The van der Waals surface area contributed by atoms with Crippen LogP contribution in [0.1, 0.15) is 43.2 Å². The molecule has 0 aliphatic heterocycles. The maximum absolute atomic E-state index is 12.9. The van der Waals surface area contributed by atoms with E-state index >= 15 is 0 Å². The first kappa shape index (κ1) is 25.1. The molecule has 1 aliphatic carbocycles.